The Balaban J connectivity index is 1.18. The summed E-state index contributed by atoms with van der Waals surface area (Å²) in [5.74, 6) is 5.28. The van der Waals surface area contributed by atoms with Crippen LogP contribution in [0.25, 0.3) is 10.9 Å². The van der Waals surface area contributed by atoms with Gasteiger partial charge in [-0.15, -0.1) is 0 Å². The number of pyridine rings is 1. The van der Waals surface area contributed by atoms with Crippen molar-refractivity contribution in [1.29, 1.82) is 0 Å². The molecule has 3 aromatic rings. The zero-order valence-corrected chi connectivity index (χ0v) is 18.2. The maximum absolute atomic E-state index is 12.2. The molecule has 0 atom stereocenters. The third-order valence-electron chi connectivity index (χ3n) is 5.94. The number of Topliss-reactive ketones (excluding diaryl/α,β-unsaturated/α-hetero) is 1. The number of rotatable bonds is 3. The smallest absolute Gasteiger partial charge is 0.300 e. The molecular weight excluding hydrogens is 424 g/mol. The van der Waals surface area contributed by atoms with Crippen molar-refractivity contribution in [2.75, 3.05) is 49.1 Å². The van der Waals surface area contributed by atoms with Crippen molar-refractivity contribution in [2.24, 2.45) is 0 Å². The van der Waals surface area contributed by atoms with E-state index in [1.165, 1.54) is 10.6 Å². The van der Waals surface area contributed by atoms with Gasteiger partial charge in [0.25, 0.3) is 11.7 Å². The van der Waals surface area contributed by atoms with Crippen molar-refractivity contribution in [1.82, 2.24) is 9.88 Å². The number of amides is 1. The van der Waals surface area contributed by atoms with Crippen LogP contribution in [0.2, 0.25) is 5.02 Å². The molecular formula is C25H21ClN4O2. The molecule has 0 radical (unpaired) electrons. The van der Waals surface area contributed by atoms with Gasteiger partial charge in [0.15, 0.2) is 0 Å². The van der Waals surface area contributed by atoms with Gasteiger partial charge in [-0.1, -0.05) is 35.6 Å². The predicted octanol–water partition coefficient (Wildman–Crippen LogP) is 3.24. The highest BCUT2D eigenvalue weighted by Gasteiger charge is 2.34. The number of anilines is 2. The number of carbonyl (C=O) groups excluding carboxylic acids is 2. The average molecular weight is 445 g/mol. The molecule has 1 amide bonds. The lowest BCUT2D eigenvalue weighted by molar-refractivity contribution is -0.114. The van der Waals surface area contributed by atoms with Gasteiger partial charge >= 0.3 is 0 Å². The number of hydrogen-bond donors (Lipinski definition) is 0. The van der Waals surface area contributed by atoms with E-state index in [2.05, 4.69) is 32.7 Å². The Hall–Kier alpha value is -3.40. The van der Waals surface area contributed by atoms with Crippen LogP contribution < -0.4 is 9.80 Å². The lowest BCUT2D eigenvalue weighted by Gasteiger charge is -2.35. The Morgan fingerprint density at radius 3 is 2.53 bits per heavy atom. The minimum absolute atomic E-state index is 0.229. The molecule has 0 aliphatic carbocycles. The van der Waals surface area contributed by atoms with Crippen LogP contribution in [-0.2, 0) is 4.79 Å². The second-order valence-electron chi connectivity index (χ2n) is 7.85. The van der Waals surface area contributed by atoms with E-state index >= 15 is 0 Å². The molecule has 32 heavy (non-hydrogen) atoms. The summed E-state index contributed by atoms with van der Waals surface area (Å²) in [6.45, 7) is 4.46. The summed E-state index contributed by atoms with van der Waals surface area (Å²) in [4.78, 5) is 34.9. The number of aromatic nitrogens is 1. The number of halogens is 1. The molecule has 2 aliphatic heterocycles. The molecule has 0 bridgehead atoms. The summed E-state index contributed by atoms with van der Waals surface area (Å²) in [6, 6.07) is 14.9. The third kappa shape index (κ3) is 3.81. The van der Waals surface area contributed by atoms with Gasteiger partial charge in [-0.25, -0.2) is 0 Å². The first-order valence-electron chi connectivity index (χ1n) is 10.5. The Kier molecular flexibility index (Phi) is 5.52. The average Bonchev–Trinajstić information content (AvgIpc) is 3.06. The first-order valence-corrected chi connectivity index (χ1v) is 10.9. The number of ketones is 1. The van der Waals surface area contributed by atoms with Crippen LogP contribution in [0.4, 0.5) is 11.4 Å². The van der Waals surface area contributed by atoms with Gasteiger partial charge in [0.05, 0.1) is 29.9 Å². The first kappa shape index (κ1) is 20.5. The fourth-order valence-corrected chi connectivity index (χ4v) is 4.40. The largest absolute Gasteiger partial charge is 0.368 e. The SMILES string of the molecule is O=C1C(=O)N(CC#CCN2CCN(c3ccnc4cc(Cl)ccc34)CC2)c2ccccc21. The van der Waals surface area contributed by atoms with Crippen LogP contribution in [0.15, 0.2) is 54.7 Å². The fraction of sp³-hybridized carbons (Fsp3) is 0.240. The van der Waals surface area contributed by atoms with Crippen molar-refractivity contribution in [3.63, 3.8) is 0 Å². The molecule has 0 spiro atoms. The number of fused-ring (bicyclic) bond motifs is 2. The molecule has 5 rings (SSSR count). The Labute approximate surface area is 191 Å². The maximum Gasteiger partial charge on any atom is 0.300 e. The number of hydrogen-bond acceptors (Lipinski definition) is 5. The quantitative estimate of drug-likeness (QED) is 0.458. The minimum atomic E-state index is -0.500. The van der Waals surface area contributed by atoms with E-state index in [4.69, 9.17) is 11.6 Å². The molecule has 0 N–H and O–H groups in total. The van der Waals surface area contributed by atoms with Gasteiger partial charge in [0, 0.05) is 48.5 Å². The summed E-state index contributed by atoms with van der Waals surface area (Å²) < 4.78 is 0. The molecule has 6 nitrogen and oxygen atoms in total. The number of benzene rings is 2. The van der Waals surface area contributed by atoms with Crippen LogP contribution in [0.1, 0.15) is 10.4 Å². The summed E-state index contributed by atoms with van der Waals surface area (Å²) >= 11 is 6.11. The van der Waals surface area contributed by atoms with Crippen LogP contribution in [0.3, 0.4) is 0 Å². The summed E-state index contributed by atoms with van der Waals surface area (Å²) in [6.07, 6.45) is 1.83. The molecule has 1 fully saturated rings. The highest BCUT2D eigenvalue weighted by molar-refractivity contribution is 6.52. The van der Waals surface area contributed by atoms with Crippen molar-refractivity contribution < 1.29 is 9.59 Å². The molecule has 2 aliphatic rings. The number of carbonyl (C=O) groups is 2. The molecule has 3 heterocycles. The van der Waals surface area contributed by atoms with Gasteiger partial charge < -0.3 is 4.90 Å². The number of piperazine rings is 1. The van der Waals surface area contributed by atoms with E-state index in [0.29, 0.717) is 22.8 Å². The highest BCUT2D eigenvalue weighted by Crippen LogP contribution is 2.29. The highest BCUT2D eigenvalue weighted by atomic mass is 35.5. The molecule has 0 saturated carbocycles. The molecule has 160 valence electrons. The summed E-state index contributed by atoms with van der Waals surface area (Å²) in [5, 5.41) is 1.80. The van der Waals surface area contributed by atoms with Gasteiger partial charge in [-0.3, -0.25) is 24.4 Å². The number of nitrogens with zero attached hydrogens (tertiary/aromatic N) is 4. The second kappa shape index (κ2) is 8.62. The molecule has 1 aromatic heterocycles. The lowest BCUT2D eigenvalue weighted by atomic mass is 10.1. The molecule has 0 unspecified atom stereocenters. The van der Waals surface area contributed by atoms with E-state index in [9.17, 15) is 9.59 Å². The fourth-order valence-electron chi connectivity index (χ4n) is 4.24. The second-order valence-corrected chi connectivity index (χ2v) is 8.28. The van der Waals surface area contributed by atoms with Crippen molar-refractivity contribution >= 4 is 45.6 Å². The maximum atomic E-state index is 12.2. The van der Waals surface area contributed by atoms with Gasteiger partial charge in [0.2, 0.25) is 0 Å². The lowest BCUT2D eigenvalue weighted by Crippen LogP contribution is -2.46. The van der Waals surface area contributed by atoms with Crippen LogP contribution in [-0.4, -0.2) is 60.8 Å². The summed E-state index contributed by atoms with van der Waals surface area (Å²) in [7, 11) is 0. The van der Waals surface area contributed by atoms with Crippen molar-refractivity contribution in [2.45, 2.75) is 0 Å². The Morgan fingerprint density at radius 2 is 1.69 bits per heavy atom. The van der Waals surface area contributed by atoms with Gasteiger partial charge in [-0.2, -0.15) is 0 Å². The Morgan fingerprint density at radius 1 is 0.906 bits per heavy atom. The molecule has 2 aromatic carbocycles. The van der Waals surface area contributed by atoms with E-state index < -0.39 is 11.7 Å². The first-order chi connectivity index (χ1) is 15.6. The standard InChI is InChI=1S/C25H21ClN4O2/c26-18-7-8-19-21(17-18)27-10-9-22(19)29-15-13-28(14-16-29)11-3-4-12-30-23-6-2-1-5-20(23)24(31)25(30)32/h1-2,5-10,17H,11-16H2. The monoisotopic (exact) mass is 444 g/mol. The zero-order chi connectivity index (χ0) is 22.1. The topological polar surface area (TPSA) is 56.8 Å². The van der Waals surface area contributed by atoms with Crippen molar-refractivity contribution in [3.05, 3.63) is 65.3 Å². The van der Waals surface area contributed by atoms with E-state index in [1.807, 2.05) is 30.5 Å². The van der Waals surface area contributed by atoms with Gasteiger partial charge in [-0.05, 0) is 36.4 Å². The Bertz CT molecular complexity index is 1270. The van der Waals surface area contributed by atoms with Crippen LogP contribution >= 0.6 is 11.6 Å². The third-order valence-corrected chi connectivity index (χ3v) is 6.17. The van der Waals surface area contributed by atoms with E-state index in [-0.39, 0.29) is 6.54 Å². The normalized spacial score (nSPS) is 16.3. The van der Waals surface area contributed by atoms with Crippen LogP contribution in [0.5, 0.6) is 0 Å². The molecule has 1 saturated heterocycles. The van der Waals surface area contributed by atoms with E-state index in [1.54, 1.807) is 18.2 Å². The minimum Gasteiger partial charge on any atom is -0.368 e. The zero-order valence-electron chi connectivity index (χ0n) is 17.4. The van der Waals surface area contributed by atoms with Gasteiger partial charge in [0.1, 0.15) is 0 Å². The number of para-hydroxylation sites is 1. The van der Waals surface area contributed by atoms with E-state index in [0.717, 1.165) is 37.1 Å². The van der Waals surface area contributed by atoms with Crippen LogP contribution in [0, 0.1) is 11.8 Å². The molecule has 7 heteroatoms. The predicted molar refractivity (Wildman–Crippen MR) is 126 cm³/mol. The van der Waals surface area contributed by atoms with Crippen molar-refractivity contribution in [3.8, 4) is 11.8 Å². The summed E-state index contributed by atoms with van der Waals surface area (Å²) in [5.41, 5.74) is 3.19.